The summed E-state index contributed by atoms with van der Waals surface area (Å²) in [6, 6.07) is 22.2. The smallest absolute Gasteiger partial charge is 0.272 e. The van der Waals surface area contributed by atoms with Gasteiger partial charge in [0.05, 0.1) is 0 Å². The van der Waals surface area contributed by atoms with Crippen molar-refractivity contribution in [3.05, 3.63) is 100 Å². The summed E-state index contributed by atoms with van der Waals surface area (Å²) in [5, 5.41) is 14.9. The van der Waals surface area contributed by atoms with Gasteiger partial charge in [-0.1, -0.05) is 52.3 Å². The van der Waals surface area contributed by atoms with Gasteiger partial charge in [-0.05, 0) is 48.0 Å². The number of carbonyl (C=O) groups is 2. The van der Waals surface area contributed by atoms with Gasteiger partial charge in [-0.3, -0.25) is 9.59 Å². The third kappa shape index (κ3) is 5.31. The highest BCUT2D eigenvalue weighted by molar-refractivity contribution is 9.10. The maximum Gasteiger partial charge on any atom is 0.272 e. The van der Waals surface area contributed by atoms with Gasteiger partial charge in [-0.15, -0.1) is 0 Å². The molecule has 28 heavy (non-hydrogen) atoms. The average Bonchev–Trinajstić information content (AvgIpc) is 2.69. The summed E-state index contributed by atoms with van der Waals surface area (Å²) >= 11 is 3.37. The summed E-state index contributed by atoms with van der Waals surface area (Å²) in [6.07, 6.45) is 1.59. The first-order valence-corrected chi connectivity index (χ1v) is 9.24. The minimum atomic E-state index is -0.502. The Morgan fingerprint density at radius 1 is 0.893 bits per heavy atom. The molecular weight excluding hydrogens is 420 g/mol. The Balaban J connectivity index is 1.88. The van der Waals surface area contributed by atoms with Crippen molar-refractivity contribution in [1.29, 1.82) is 0 Å². The molecule has 0 spiro atoms. The molecule has 3 aromatic rings. The zero-order valence-corrected chi connectivity index (χ0v) is 16.3. The van der Waals surface area contributed by atoms with Crippen molar-refractivity contribution >= 4 is 39.5 Å². The average molecular weight is 437 g/mol. The summed E-state index contributed by atoms with van der Waals surface area (Å²) in [4.78, 5) is 25.3. The van der Waals surface area contributed by atoms with Crippen LogP contribution in [-0.2, 0) is 4.79 Å². The highest BCUT2D eigenvalue weighted by Crippen LogP contribution is 2.17. The van der Waals surface area contributed by atoms with Crippen LogP contribution in [0.5, 0.6) is 5.75 Å². The second kappa shape index (κ2) is 9.01. The number of nitrogens with one attached hydrogen (secondary N) is 2. The van der Waals surface area contributed by atoms with E-state index in [4.69, 9.17) is 0 Å². The van der Waals surface area contributed by atoms with Gasteiger partial charge < -0.3 is 15.7 Å². The number of aromatic hydroxyl groups is 1. The van der Waals surface area contributed by atoms with Gasteiger partial charge in [0.15, 0.2) is 0 Å². The predicted octanol–water partition coefficient (Wildman–Crippen LogP) is 4.56. The summed E-state index contributed by atoms with van der Waals surface area (Å²) in [5.74, 6) is -0.864. The molecule has 0 fully saturated rings. The van der Waals surface area contributed by atoms with E-state index in [1.807, 2.05) is 30.3 Å². The van der Waals surface area contributed by atoms with Crippen molar-refractivity contribution in [2.24, 2.45) is 0 Å². The van der Waals surface area contributed by atoms with Crippen LogP contribution in [0.1, 0.15) is 15.9 Å². The molecule has 3 aromatic carbocycles. The largest absolute Gasteiger partial charge is 0.508 e. The van der Waals surface area contributed by atoms with E-state index in [1.165, 1.54) is 12.1 Å². The van der Waals surface area contributed by atoms with Gasteiger partial charge in [0.25, 0.3) is 11.8 Å². The number of phenolic OH excluding ortho intramolecular Hbond substituents is 1. The highest BCUT2D eigenvalue weighted by atomic mass is 79.9. The highest BCUT2D eigenvalue weighted by Gasteiger charge is 2.15. The Kier molecular flexibility index (Phi) is 6.24. The van der Waals surface area contributed by atoms with Gasteiger partial charge in [0, 0.05) is 21.8 Å². The van der Waals surface area contributed by atoms with E-state index in [0.29, 0.717) is 11.3 Å². The van der Waals surface area contributed by atoms with Crippen LogP contribution in [-0.4, -0.2) is 16.9 Å². The van der Waals surface area contributed by atoms with Crippen molar-refractivity contribution < 1.29 is 14.7 Å². The zero-order chi connectivity index (χ0) is 19.9. The molecule has 6 heteroatoms. The Morgan fingerprint density at radius 2 is 1.61 bits per heavy atom. The molecule has 0 bridgehead atoms. The summed E-state index contributed by atoms with van der Waals surface area (Å²) in [5.41, 5.74) is 1.69. The van der Waals surface area contributed by atoms with Gasteiger partial charge in [-0.25, -0.2) is 0 Å². The van der Waals surface area contributed by atoms with Crippen molar-refractivity contribution in [3.8, 4) is 5.75 Å². The zero-order valence-electron chi connectivity index (χ0n) is 14.7. The lowest BCUT2D eigenvalue weighted by Gasteiger charge is -2.11. The second-order valence-corrected chi connectivity index (χ2v) is 6.85. The lowest BCUT2D eigenvalue weighted by molar-refractivity contribution is -0.113. The fraction of sp³-hybridized carbons (Fsp3) is 0. The van der Waals surface area contributed by atoms with Gasteiger partial charge >= 0.3 is 0 Å². The second-order valence-electron chi connectivity index (χ2n) is 5.93. The van der Waals surface area contributed by atoms with E-state index in [9.17, 15) is 14.7 Å². The molecule has 0 aliphatic carbocycles. The lowest BCUT2D eigenvalue weighted by Crippen LogP contribution is -2.30. The van der Waals surface area contributed by atoms with Gasteiger partial charge in [0.2, 0.25) is 0 Å². The van der Waals surface area contributed by atoms with Crippen LogP contribution in [0.2, 0.25) is 0 Å². The number of anilines is 1. The summed E-state index contributed by atoms with van der Waals surface area (Å²) in [6.45, 7) is 0. The molecule has 0 saturated heterocycles. The molecule has 0 heterocycles. The molecule has 0 atom stereocenters. The Hall–Kier alpha value is -3.38. The van der Waals surface area contributed by atoms with E-state index < -0.39 is 11.8 Å². The number of halogens is 1. The number of phenols is 1. The van der Waals surface area contributed by atoms with E-state index in [-0.39, 0.29) is 11.4 Å². The molecule has 0 radical (unpaired) electrons. The first-order valence-electron chi connectivity index (χ1n) is 8.45. The van der Waals surface area contributed by atoms with Crippen LogP contribution >= 0.6 is 15.9 Å². The minimum absolute atomic E-state index is 0.0320. The molecule has 140 valence electrons. The molecule has 0 saturated carbocycles. The van der Waals surface area contributed by atoms with Crippen molar-refractivity contribution in [2.45, 2.75) is 0 Å². The Labute approximate surface area is 170 Å². The Bertz CT molecular complexity index is 1020. The minimum Gasteiger partial charge on any atom is -0.508 e. The van der Waals surface area contributed by atoms with Crippen LogP contribution in [0.3, 0.4) is 0 Å². The first kappa shape index (κ1) is 19.4. The molecule has 0 aliphatic heterocycles. The molecule has 2 amide bonds. The maximum absolute atomic E-state index is 12.8. The molecule has 3 N–H and O–H groups in total. The number of hydrogen-bond donors (Lipinski definition) is 3. The first-order chi connectivity index (χ1) is 13.5. The Morgan fingerprint density at radius 3 is 2.29 bits per heavy atom. The normalized spacial score (nSPS) is 11.0. The summed E-state index contributed by atoms with van der Waals surface area (Å²) < 4.78 is 0.906. The number of rotatable bonds is 5. The van der Waals surface area contributed by atoms with Crippen LogP contribution in [0.25, 0.3) is 6.08 Å². The lowest BCUT2D eigenvalue weighted by atomic mass is 10.1. The van der Waals surface area contributed by atoms with Crippen molar-refractivity contribution in [1.82, 2.24) is 5.32 Å². The molecule has 5 nitrogen and oxygen atoms in total. The van der Waals surface area contributed by atoms with Crippen LogP contribution in [0.4, 0.5) is 5.69 Å². The monoisotopic (exact) mass is 436 g/mol. The van der Waals surface area contributed by atoms with E-state index in [1.54, 1.807) is 42.5 Å². The fourth-order valence-corrected chi connectivity index (χ4v) is 2.71. The molecular formula is C22H17BrN2O3. The molecule has 0 aliphatic rings. The van der Waals surface area contributed by atoms with Crippen LogP contribution < -0.4 is 10.6 Å². The fourth-order valence-electron chi connectivity index (χ4n) is 2.45. The molecule has 3 rings (SSSR count). The standard InChI is InChI=1S/C22H17BrN2O3/c23-17-11-9-15(10-12-17)13-20(25-21(27)16-5-2-1-3-6-16)22(28)24-18-7-4-8-19(26)14-18/h1-14,26H,(H,24,28)(H,25,27). The van der Waals surface area contributed by atoms with Gasteiger partial charge in [0.1, 0.15) is 11.4 Å². The van der Waals surface area contributed by atoms with E-state index >= 15 is 0 Å². The van der Waals surface area contributed by atoms with E-state index in [2.05, 4.69) is 26.6 Å². The predicted molar refractivity (Wildman–Crippen MR) is 113 cm³/mol. The molecule has 0 unspecified atom stereocenters. The van der Waals surface area contributed by atoms with Crippen LogP contribution in [0.15, 0.2) is 89.0 Å². The number of benzene rings is 3. The van der Waals surface area contributed by atoms with E-state index in [0.717, 1.165) is 10.0 Å². The van der Waals surface area contributed by atoms with Crippen LogP contribution in [0, 0.1) is 0 Å². The quantitative estimate of drug-likeness (QED) is 0.512. The third-order valence-corrected chi connectivity index (χ3v) is 4.34. The molecule has 0 aromatic heterocycles. The topological polar surface area (TPSA) is 78.4 Å². The third-order valence-electron chi connectivity index (χ3n) is 3.81. The van der Waals surface area contributed by atoms with Crippen molar-refractivity contribution in [2.75, 3.05) is 5.32 Å². The number of hydrogen-bond acceptors (Lipinski definition) is 3. The number of amides is 2. The SMILES string of the molecule is O=C(Nc1cccc(O)c1)C(=Cc1ccc(Br)cc1)NC(=O)c1ccccc1. The maximum atomic E-state index is 12.8. The van der Waals surface area contributed by atoms with Gasteiger partial charge in [-0.2, -0.15) is 0 Å². The summed E-state index contributed by atoms with van der Waals surface area (Å²) in [7, 11) is 0. The van der Waals surface area contributed by atoms with Crippen molar-refractivity contribution in [3.63, 3.8) is 0 Å². The number of carbonyl (C=O) groups excluding carboxylic acids is 2.